The molecule has 2 heterocycles. The van der Waals surface area contributed by atoms with Gasteiger partial charge in [0.1, 0.15) is 11.6 Å². The molecule has 5 fully saturated rings. The van der Waals surface area contributed by atoms with E-state index in [4.69, 9.17) is 25.7 Å². The van der Waals surface area contributed by atoms with Crippen LogP contribution in [0, 0.1) is 28.6 Å². The van der Waals surface area contributed by atoms with E-state index in [0.717, 1.165) is 25.2 Å². The third-order valence-corrected chi connectivity index (χ3v) is 11.2. The molecule has 8 nitrogen and oxygen atoms in total. The van der Waals surface area contributed by atoms with Gasteiger partial charge in [-0.3, -0.25) is 4.79 Å². The van der Waals surface area contributed by atoms with E-state index in [-0.39, 0.29) is 22.7 Å². The molecule has 6 N–H and O–H groups in total. The summed E-state index contributed by atoms with van der Waals surface area (Å²) in [6.07, 6.45) is 12.3. The average Bonchev–Trinajstić information content (AvgIpc) is 3.53. The summed E-state index contributed by atoms with van der Waals surface area (Å²) in [5, 5.41) is 18.5. The Hall–Kier alpha value is -1.74. The molecule has 5 aliphatic rings. The van der Waals surface area contributed by atoms with Crippen LogP contribution >= 0.6 is 0 Å². The largest absolute Gasteiger partial charge is 0.480 e. The third-order valence-electron chi connectivity index (χ3n) is 11.2. The molecule has 0 unspecified atom stereocenters. The number of aliphatic hydroxyl groups excluding tert-OH is 1. The van der Waals surface area contributed by atoms with E-state index in [0.29, 0.717) is 48.7 Å². The summed E-state index contributed by atoms with van der Waals surface area (Å²) in [5.74, 6) is 1.52. The SMILES string of the molecule is C[C@]12CC[C@H](O)C[C@H]1CC[C@@H]1[C@@H]2CC[C@]2(C)[C@@H](c3ccc(=O)oc3)C[C@H]3O[C@]132.NCCC[C@H](N)C(=O)O. The standard InChI is InChI=1S/C24H32O4.C5H12N2O2/c1-22-9-7-16(25)11-15(22)4-5-18-17(22)8-10-23(2)19(12-20-24(18,23)28-20)14-3-6-21(26)27-13-14;6-3-1-2-4(7)5(8)9/h3,6,13,15-20,25H,4-5,7-12H2,1-2H3;4H,1-3,6-7H2,(H,8,9)/t15-,16+,17+,18-,19-,20-,22+,23-,24-;4-/m10/s1. The van der Waals surface area contributed by atoms with Crippen LogP contribution in [0.3, 0.4) is 0 Å². The molecule has 0 aromatic carbocycles. The van der Waals surface area contributed by atoms with E-state index in [2.05, 4.69) is 13.8 Å². The predicted octanol–water partition coefficient (Wildman–Crippen LogP) is 3.40. The van der Waals surface area contributed by atoms with Crippen LogP contribution in [-0.2, 0) is 9.53 Å². The maximum Gasteiger partial charge on any atom is 0.335 e. The van der Waals surface area contributed by atoms with Crippen molar-refractivity contribution in [3.8, 4) is 0 Å². The number of hydrogen-bond donors (Lipinski definition) is 4. The highest BCUT2D eigenvalue weighted by Gasteiger charge is 2.80. The van der Waals surface area contributed by atoms with Gasteiger partial charge >= 0.3 is 11.6 Å². The monoisotopic (exact) mass is 516 g/mol. The van der Waals surface area contributed by atoms with Gasteiger partial charge in [0.25, 0.3) is 0 Å². The zero-order valence-corrected chi connectivity index (χ0v) is 22.2. The van der Waals surface area contributed by atoms with E-state index in [1.807, 2.05) is 6.07 Å². The van der Waals surface area contributed by atoms with Gasteiger partial charge in [0, 0.05) is 11.5 Å². The Morgan fingerprint density at radius 3 is 2.59 bits per heavy atom. The summed E-state index contributed by atoms with van der Waals surface area (Å²) in [6, 6.07) is 2.81. The summed E-state index contributed by atoms with van der Waals surface area (Å²) in [5.41, 5.74) is 11.7. The highest BCUT2D eigenvalue weighted by atomic mass is 16.6. The van der Waals surface area contributed by atoms with Crippen LogP contribution in [-0.4, -0.2) is 46.6 Å². The molecule has 4 aliphatic carbocycles. The van der Waals surface area contributed by atoms with Crippen molar-refractivity contribution >= 4 is 5.97 Å². The quantitative estimate of drug-likeness (QED) is 0.435. The van der Waals surface area contributed by atoms with Crippen molar-refractivity contribution in [3.63, 3.8) is 0 Å². The molecule has 1 aromatic heterocycles. The Bertz CT molecular complexity index is 1040. The van der Waals surface area contributed by atoms with E-state index in [1.165, 1.54) is 37.7 Å². The lowest BCUT2D eigenvalue weighted by Gasteiger charge is -2.61. The number of aliphatic carboxylic acids is 1. The molecule has 206 valence electrons. The number of hydrogen-bond acceptors (Lipinski definition) is 7. The van der Waals surface area contributed by atoms with E-state index < -0.39 is 12.0 Å². The Balaban J connectivity index is 0.000000270. The van der Waals surface area contributed by atoms with Crippen molar-refractivity contribution < 1.29 is 24.2 Å². The topological polar surface area (TPSA) is 152 Å². The Morgan fingerprint density at radius 2 is 1.92 bits per heavy atom. The smallest absolute Gasteiger partial charge is 0.335 e. The van der Waals surface area contributed by atoms with Gasteiger partial charge in [0.2, 0.25) is 0 Å². The predicted molar refractivity (Wildman–Crippen MR) is 139 cm³/mol. The van der Waals surface area contributed by atoms with Gasteiger partial charge in [-0.05, 0) is 111 Å². The molecule has 1 aliphatic heterocycles. The lowest BCUT2D eigenvalue weighted by atomic mass is 9.44. The van der Waals surface area contributed by atoms with Crippen LogP contribution < -0.4 is 17.1 Å². The fourth-order valence-corrected chi connectivity index (χ4v) is 9.20. The molecular weight excluding hydrogens is 472 g/mol. The van der Waals surface area contributed by atoms with Crippen LogP contribution in [0.2, 0.25) is 0 Å². The second-order valence-corrected chi connectivity index (χ2v) is 12.8. The number of carbonyl (C=O) groups is 1. The molecule has 37 heavy (non-hydrogen) atoms. The average molecular weight is 517 g/mol. The maximum absolute atomic E-state index is 11.4. The number of ether oxygens (including phenoxy) is 1. The van der Waals surface area contributed by atoms with Crippen LogP contribution in [0.15, 0.2) is 27.6 Å². The van der Waals surface area contributed by atoms with E-state index >= 15 is 0 Å². The number of carboxylic acid groups (broad SMARTS) is 1. The summed E-state index contributed by atoms with van der Waals surface area (Å²) in [6.45, 7) is 5.47. The van der Waals surface area contributed by atoms with Crippen LogP contribution in [0.5, 0.6) is 0 Å². The van der Waals surface area contributed by atoms with Crippen molar-refractivity contribution in [2.45, 2.75) is 108 Å². The van der Waals surface area contributed by atoms with Crippen molar-refractivity contribution in [3.05, 3.63) is 34.4 Å². The van der Waals surface area contributed by atoms with Crippen LogP contribution in [0.25, 0.3) is 0 Å². The van der Waals surface area contributed by atoms with Crippen LogP contribution in [0.4, 0.5) is 0 Å². The molecule has 6 rings (SSSR count). The minimum atomic E-state index is -0.955. The highest BCUT2D eigenvalue weighted by molar-refractivity contribution is 5.72. The molecule has 10 atom stereocenters. The number of carboxylic acids is 1. The third kappa shape index (κ3) is 4.28. The van der Waals surface area contributed by atoms with Gasteiger partial charge in [-0.1, -0.05) is 13.8 Å². The molecule has 0 amide bonds. The fourth-order valence-electron chi connectivity index (χ4n) is 9.20. The van der Waals surface area contributed by atoms with Crippen molar-refractivity contribution in [1.82, 2.24) is 0 Å². The first kappa shape index (κ1) is 26.9. The maximum atomic E-state index is 11.4. The van der Waals surface area contributed by atoms with Gasteiger partial charge < -0.3 is 30.8 Å². The first-order valence-corrected chi connectivity index (χ1v) is 14.2. The Labute approximate surface area is 219 Å². The second-order valence-electron chi connectivity index (χ2n) is 12.8. The first-order valence-electron chi connectivity index (χ1n) is 14.2. The Morgan fingerprint density at radius 1 is 1.14 bits per heavy atom. The van der Waals surface area contributed by atoms with Crippen molar-refractivity contribution in [2.24, 2.45) is 40.1 Å². The molecule has 1 saturated heterocycles. The van der Waals surface area contributed by atoms with Crippen LogP contribution in [0.1, 0.15) is 89.5 Å². The lowest BCUT2D eigenvalue weighted by Crippen LogP contribution is -2.58. The molecule has 1 spiro atoms. The van der Waals surface area contributed by atoms with Gasteiger partial charge in [-0.2, -0.15) is 0 Å². The van der Waals surface area contributed by atoms with Gasteiger partial charge in [0.05, 0.1) is 18.5 Å². The van der Waals surface area contributed by atoms with Gasteiger partial charge in [-0.25, -0.2) is 4.79 Å². The lowest BCUT2D eigenvalue weighted by molar-refractivity contribution is -0.139. The van der Waals surface area contributed by atoms with Crippen molar-refractivity contribution in [1.29, 1.82) is 0 Å². The van der Waals surface area contributed by atoms with E-state index in [9.17, 15) is 14.7 Å². The highest BCUT2D eigenvalue weighted by Crippen LogP contribution is 2.77. The number of nitrogens with two attached hydrogens (primary N) is 2. The zero-order chi connectivity index (χ0) is 26.6. The zero-order valence-electron chi connectivity index (χ0n) is 22.2. The van der Waals surface area contributed by atoms with E-state index in [1.54, 1.807) is 12.3 Å². The van der Waals surface area contributed by atoms with Gasteiger partial charge in [0.15, 0.2) is 0 Å². The number of fused-ring (bicyclic) bond motifs is 3. The minimum Gasteiger partial charge on any atom is -0.480 e. The summed E-state index contributed by atoms with van der Waals surface area (Å²) in [4.78, 5) is 21.5. The normalized spacial score (nSPS) is 44.2. The second kappa shape index (κ2) is 9.78. The molecule has 8 heteroatoms. The van der Waals surface area contributed by atoms with Crippen molar-refractivity contribution in [2.75, 3.05) is 6.54 Å². The van der Waals surface area contributed by atoms with Gasteiger partial charge in [-0.15, -0.1) is 0 Å². The molecular formula is C29H44N2O6. The Kier molecular flexibility index (Phi) is 7.10. The summed E-state index contributed by atoms with van der Waals surface area (Å²) < 4.78 is 11.8. The summed E-state index contributed by atoms with van der Waals surface area (Å²) >= 11 is 0. The first-order chi connectivity index (χ1) is 17.6. The minimum absolute atomic E-state index is 0.0285. The molecule has 0 bridgehead atoms. The molecule has 0 radical (unpaired) electrons. The molecule has 4 saturated carbocycles. The molecule has 1 aromatic rings. The summed E-state index contributed by atoms with van der Waals surface area (Å²) in [7, 11) is 0. The number of rotatable bonds is 5. The number of epoxide rings is 1. The number of aliphatic hydroxyl groups is 1. The fraction of sp³-hybridized carbons (Fsp3) is 0.793.